The van der Waals surface area contributed by atoms with Crippen LogP contribution in [0.1, 0.15) is 50.7 Å². The van der Waals surface area contributed by atoms with Gasteiger partial charge in [0, 0.05) is 42.2 Å². The van der Waals surface area contributed by atoms with Crippen LogP contribution in [-0.4, -0.2) is 38.6 Å². The number of hydrogen-bond donors (Lipinski definition) is 0. The van der Waals surface area contributed by atoms with Crippen molar-refractivity contribution in [1.29, 1.82) is 0 Å². The second-order valence-electron chi connectivity index (χ2n) is 8.48. The lowest BCUT2D eigenvalue weighted by Gasteiger charge is -2.33. The third-order valence-electron chi connectivity index (χ3n) is 6.04. The number of ether oxygens (including phenoxy) is 4. The Bertz CT molecular complexity index is 723. The first-order valence-corrected chi connectivity index (χ1v) is 10.8. The third kappa shape index (κ3) is 4.76. The van der Waals surface area contributed by atoms with E-state index in [0.29, 0.717) is 0 Å². The van der Waals surface area contributed by atoms with E-state index in [1.807, 2.05) is 0 Å². The average molecular weight is 397 g/mol. The van der Waals surface area contributed by atoms with Gasteiger partial charge in [-0.1, -0.05) is 50.2 Å². The molecule has 2 saturated heterocycles. The molecule has 2 aromatic rings. The number of hydrogen-bond acceptors (Lipinski definition) is 4. The maximum Gasteiger partial charge on any atom is 0.123 e. The van der Waals surface area contributed by atoms with Crippen LogP contribution in [0, 0.1) is 0 Å². The summed E-state index contributed by atoms with van der Waals surface area (Å²) in [4.78, 5) is 0. The number of benzene rings is 2. The first-order valence-electron chi connectivity index (χ1n) is 10.8. The van der Waals surface area contributed by atoms with Gasteiger partial charge in [0.2, 0.25) is 0 Å². The highest BCUT2D eigenvalue weighted by atomic mass is 16.5. The van der Waals surface area contributed by atoms with Crippen LogP contribution in [0.5, 0.6) is 11.5 Å². The topological polar surface area (TPSA) is 36.9 Å². The van der Waals surface area contributed by atoms with E-state index in [2.05, 4.69) is 62.4 Å². The molecule has 0 radical (unpaired) electrons. The Hall–Kier alpha value is -2.04. The molecular weight excluding hydrogens is 364 g/mol. The summed E-state index contributed by atoms with van der Waals surface area (Å²) >= 11 is 0. The largest absolute Gasteiger partial charge is 0.490 e. The van der Waals surface area contributed by atoms with Crippen molar-refractivity contribution in [2.24, 2.45) is 0 Å². The quantitative estimate of drug-likeness (QED) is 0.678. The molecule has 0 bridgehead atoms. The molecule has 4 rings (SSSR count). The van der Waals surface area contributed by atoms with Gasteiger partial charge in [-0.15, -0.1) is 0 Å². The Kier molecular flexibility index (Phi) is 6.41. The van der Waals surface area contributed by atoms with Crippen LogP contribution in [-0.2, 0) is 14.9 Å². The molecule has 0 N–H and O–H groups in total. The fraction of sp³-hybridized carbons (Fsp3) is 0.520. The minimum Gasteiger partial charge on any atom is -0.490 e. The fourth-order valence-electron chi connectivity index (χ4n) is 4.26. The van der Waals surface area contributed by atoms with Gasteiger partial charge in [-0.3, -0.25) is 0 Å². The zero-order chi connectivity index (χ0) is 20.1. The Morgan fingerprint density at radius 1 is 0.655 bits per heavy atom. The molecule has 29 heavy (non-hydrogen) atoms. The maximum absolute atomic E-state index is 6.45. The normalized spacial score (nSPS) is 19.1. The van der Waals surface area contributed by atoms with E-state index >= 15 is 0 Å². The van der Waals surface area contributed by atoms with Crippen molar-refractivity contribution in [1.82, 2.24) is 0 Å². The minimum absolute atomic E-state index is 0.217. The monoisotopic (exact) mass is 396 g/mol. The number of rotatable bonds is 6. The molecule has 2 fully saturated rings. The molecule has 0 amide bonds. The van der Waals surface area contributed by atoms with Gasteiger partial charge in [0.25, 0.3) is 0 Å². The molecule has 0 saturated carbocycles. The van der Waals surface area contributed by atoms with Crippen molar-refractivity contribution in [3.63, 3.8) is 0 Å². The van der Waals surface area contributed by atoms with Gasteiger partial charge in [-0.2, -0.15) is 0 Å². The van der Waals surface area contributed by atoms with Gasteiger partial charge in [0.1, 0.15) is 23.7 Å². The fourth-order valence-corrected chi connectivity index (χ4v) is 4.26. The first kappa shape index (κ1) is 20.2. The van der Waals surface area contributed by atoms with Gasteiger partial charge in [0.05, 0.1) is 26.4 Å². The molecule has 2 aliphatic heterocycles. The smallest absolute Gasteiger partial charge is 0.123 e. The van der Waals surface area contributed by atoms with E-state index < -0.39 is 0 Å². The van der Waals surface area contributed by atoms with Gasteiger partial charge in [0.15, 0.2) is 0 Å². The standard InChI is InChI=1S/C25H32O4/c1-25(2,21-7-3-5-9-23(21)28-19-11-15-26-16-12-19)22-8-4-6-10-24(22)29-20-13-17-27-18-14-20/h3-10,19-20H,11-18H2,1-2H3. The summed E-state index contributed by atoms with van der Waals surface area (Å²) in [6.45, 7) is 7.61. The van der Waals surface area contributed by atoms with Crippen LogP contribution in [0.25, 0.3) is 0 Å². The number of para-hydroxylation sites is 2. The van der Waals surface area contributed by atoms with Crippen LogP contribution in [0.3, 0.4) is 0 Å². The van der Waals surface area contributed by atoms with Crippen molar-refractivity contribution in [2.75, 3.05) is 26.4 Å². The van der Waals surface area contributed by atoms with Gasteiger partial charge < -0.3 is 18.9 Å². The zero-order valence-electron chi connectivity index (χ0n) is 17.6. The molecule has 156 valence electrons. The molecule has 0 spiro atoms. The summed E-state index contributed by atoms with van der Waals surface area (Å²) in [7, 11) is 0. The molecule has 2 heterocycles. The molecule has 2 aromatic carbocycles. The lowest BCUT2D eigenvalue weighted by molar-refractivity contribution is 0.0244. The van der Waals surface area contributed by atoms with Crippen LogP contribution in [0.2, 0.25) is 0 Å². The lowest BCUT2D eigenvalue weighted by atomic mass is 9.77. The third-order valence-corrected chi connectivity index (χ3v) is 6.04. The van der Waals surface area contributed by atoms with Gasteiger partial charge >= 0.3 is 0 Å². The molecule has 0 unspecified atom stereocenters. The summed E-state index contributed by atoms with van der Waals surface area (Å²) in [6, 6.07) is 16.8. The van der Waals surface area contributed by atoms with Crippen molar-refractivity contribution in [3.05, 3.63) is 59.7 Å². The van der Waals surface area contributed by atoms with Crippen molar-refractivity contribution < 1.29 is 18.9 Å². The average Bonchev–Trinajstić information content (AvgIpc) is 2.76. The summed E-state index contributed by atoms with van der Waals surface area (Å²) < 4.78 is 23.9. The molecule has 2 aliphatic rings. The van der Waals surface area contributed by atoms with Crippen molar-refractivity contribution in [2.45, 2.75) is 57.2 Å². The first-order chi connectivity index (χ1) is 14.1. The maximum atomic E-state index is 6.45. The van der Waals surface area contributed by atoms with Crippen LogP contribution < -0.4 is 9.47 Å². The molecular formula is C25H32O4. The van der Waals surface area contributed by atoms with E-state index in [0.717, 1.165) is 63.6 Å². The predicted molar refractivity (Wildman–Crippen MR) is 114 cm³/mol. The molecule has 0 aromatic heterocycles. The van der Waals surface area contributed by atoms with Crippen LogP contribution >= 0.6 is 0 Å². The van der Waals surface area contributed by atoms with Crippen LogP contribution in [0.15, 0.2) is 48.5 Å². The Morgan fingerprint density at radius 2 is 1.03 bits per heavy atom. The lowest BCUT2D eigenvalue weighted by Crippen LogP contribution is -2.29. The molecule has 0 aliphatic carbocycles. The molecule has 0 atom stereocenters. The molecule has 4 heteroatoms. The summed E-state index contributed by atoms with van der Waals surface area (Å²) in [5, 5.41) is 0. The highest BCUT2D eigenvalue weighted by Gasteiger charge is 2.31. The summed E-state index contributed by atoms with van der Waals surface area (Å²) in [6.07, 6.45) is 4.20. The summed E-state index contributed by atoms with van der Waals surface area (Å²) in [5.41, 5.74) is 2.13. The Balaban J connectivity index is 1.61. The van der Waals surface area contributed by atoms with Gasteiger partial charge in [-0.25, -0.2) is 0 Å². The molecule has 4 nitrogen and oxygen atoms in total. The Labute approximate surface area is 174 Å². The van der Waals surface area contributed by atoms with E-state index in [-0.39, 0.29) is 17.6 Å². The SMILES string of the molecule is CC(C)(c1ccccc1OC1CCOCC1)c1ccccc1OC1CCOCC1. The highest BCUT2D eigenvalue weighted by Crippen LogP contribution is 2.42. The van der Waals surface area contributed by atoms with E-state index in [1.165, 1.54) is 11.1 Å². The second kappa shape index (κ2) is 9.19. The van der Waals surface area contributed by atoms with Crippen molar-refractivity contribution in [3.8, 4) is 11.5 Å². The van der Waals surface area contributed by atoms with E-state index in [9.17, 15) is 0 Å². The Morgan fingerprint density at radius 3 is 1.45 bits per heavy atom. The van der Waals surface area contributed by atoms with Crippen LogP contribution in [0.4, 0.5) is 0 Å². The highest BCUT2D eigenvalue weighted by molar-refractivity contribution is 5.50. The second-order valence-corrected chi connectivity index (χ2v) is 8.48. The zero-order valence-corrected chi connectivity index (χ0v) is 17.6. The minimum atomic E-state index is -0.247. The van der Waals surface area contributed by atoms with E-state index in [1.54, 1.807) is 0 Å². The summed E-state index contributed by atoms with van der Waals surface area (Å²) in [5.74, 6) is 1.93. The van der Waals surface area contributed by atoms with E-state index in [4.69, 9.17) is 18.9 Å². The van der Waals surface area contributed by atoms with Gasteiger partial charge in [-0.05, 0) is 12.1 Å². The predicted octanol–water partition coefficient (Wildman–Crippen LogP) is 5.13. The van der Waals surface area contributed by atoms with Crippen molar-refractivity contribution >= 4 is 0 Å².